The van der Waals surface area contributed by atoms with Crippen molar-refractivity contribution in [1.82, 2.24) is 30.8 Å². The van der Waals surface area contributed by atoms with Gasteiger partial charge >= 0.3 is 0 Å². The van der Waals surface area contributed by atoms with E-state index in [1.165, 1.54) is 17.4 Å². The summed E-state index contributed by atoms with van der Waals surface area (Å²) in [6, 6.07) is 7.26. The van der Waals surface area contributed by atoms with E-state index < -0.39 is 0 Å². The van der Waals surface area contributed by atoms with Crippen molar-refractivity contribution in [2.45, 2.75) is 12.8 Å². The number of aromatic nitrogens is 4. The predicted molar refractivity (Wildman–Crippen MR) is 84.3 cm³/mol. The Bertz CT molecular complexity index is 597. The van der Waals surface area contributed by atoms with Crippen LogP contribution in [0.25, 0.3) is 5.69 Å². The summed E-state index contributed by atoms with van der Waals surface area (Å²) in [6.07, 6.45) is 3.85. The van der Waals surface area contributed by atoms with Crippen LogP contribution in [0.2, 0.25) is 0 Å². The van der Waals surface area contributed by atoms with Gasteiger partial charge in [-0.1, -0.05) is 6.07 Å². The second kappa shape index (κ2) is 7.86. The monoisotopic (exact) mass is 322 g/mol. The number of rotatable bonds is 4. The fourth-order valence-electron chi connectivity index (χ4n) is 2.51. The zero-order valence-corrected chi connectivity index (χ0v) is 12.9. The van der Waals surface area contributed by atoms with Crippen LogP contribution >= 0.6 is 12.4 Å². The van der Waals surface area contributed by atoms with E-state index in [4.69, 9.17) is 0 Å². The van der Waals surface area contributed by atoms with Gasteiger partial charge in [0.15, 0.2) is 0 Å². The molecule has 8 heteroatoms. The largest absolute Gasteiger partial charge is 0.352 e. The molecular formula is C14H19ClN6O. The number of amides is 1. The molecule has 1 unspecified atom stereocenters. The lowest BCUT2D eigenvalue weighted by molar-refractivity contribution is 0.0945. The molecule has 1 aromatic heterocycles. The van der Waals surface area contributed by atoms with Crippen molar-refractivity contribution in [2.24, 2.45) is 5.92 Å². The lowest BCUT2D eigenvalue weighted by Gasteiger charge is -2.22. The molecule has 0 radical (unpaired) electrons. The first-order chi connectivity index (χ1) is 10.3. The summed E-state index contributed by atoms with van der Waals surface area (Å²) in [5, 5.41) is 17.4. The molecule has 7 nitrogen and oxygen atoms in total. The van der Waals surface area contributed by atoms with Gasteiger partial charge in [0.1, 0.15) is 6.33 Å². The molecule has 118 valence electrons. The molecule has 2 heterocycles. The second-order valence-corrected chi connectivity index (χ2v) is 5.23. The topological polar surface area (TPSA) is 84.7 Å². The van der Waals surface area contributed by atoms with Gasteiger partial charge in [0.05, 0.1) is 5.69 Å². The van der Waals surface area contributed by atoms with Crippen LogP contribution < -0.4 is 10.6 Å². The molecule has 1 aromatic carbocycles. The Morgan fingerprint density at radius 1 is 1.45 bits per heavy atom. The lowest BCUT2D eigenvalue weighted by atomic mass is 9.99. The van der Waals surface area contributed by atoms with Gasteiger partial charge < -0.3 is 10.6 Å². The van der Waals surface area contributed by atoms with E-state index in [1.807, 2.05) is 12.1 Å². The first kappa shape index (κ1) is 16.4. The third kappa shape index (κ3) is 4.02. The van der Waals surface area contributed by atoms with Gasteiger partial charge in [-0.3, -0.25) is 4.79 Å². The number of carbonyl (C=O) groups excluding carboxylic acids is 1. The number of hydrogen-bond donors (Lipinski definition) is 2. The molecule has 2 N–H and O–H groups in total. The molecule has 1 aliphatic heterocycles. The Morgan fingerprint density at radius 2 is 2.36 bits per heavy atom. The molecule has 0 aliphatic carbocycles. The fraction of sp³-hybridized carbons (Fsp3) is 0.429. The van der Waals surface area contributed by atoms with E-state index in [-0.39, 0.29) is 18.3 Å². The summed E-state index contributed by atoms with van der Waals surface area (Å²) in [5.41, 5.74) is 1.39. The van der Waals surface area contributed by atoms with E-state index in [1.54, 1.807) is 12.1 Å². The van der Waals surface area contributed by atoms with Crippen LogP contribution in [0, 0.1) is 5.92 Å². The molecule has 22 heavy (non-hydrogen) atoms. The molecule has 0 saturated carbocycles. The highest BCUT2D eigenvalue weighted by molar-refractivity contribution is 5.94. The maximum absolute atomic E-state index is 12.2. The minimum Gasteiger partial charge on any atom is -0.352 e. The highest BCUT2D eigenvalue weighted by Gasteiger charge is 2.14. The quantitative estimate of drug-likeness (QED) is 0.870. The zero-order valence-electron chi connectivity index (χ0n) is 12.1. The molecule has 1 saturated heterocycles. The average molecular weight is 323 g/mol. The number of carbonyl (C=O) groups is 1. The van der Waals surface area contributed by atoms with Crippen LogP contribution in [-0.2, 0) is 0 Å². The minimum absolute atomic E-state index is 0. The van der Waals surface area contributed by atoms with Crippen LogP contribution in [0.5, 0.6) is 0 Å². The van der Waals surface area contributed by atoms with Crippen LogP contribution in [0.4, 0.5) is 0 Å². The number of tetrazole rings is 1. The molecule has 1 atom stereocenters. The van der Waals surface area contributed by atoms with E-state index in [9.17, 15) is 4.79 Å². The van der Waals surface area contributed by atoms with Crippen molar-refractivity contribution in [3.05, 3.63) is 36.2 Å². The summed E-state index contributed by atoms with van der Waals surface area (Å²) in [5.74, 6) is 0.459. The van der Waals surface area contributed by atoms with Gasteiger partial charge in [-0.05, 0) is 60.5 Å². The molecule has 3 rings (SSSR count). The Hall–Kier alpha value is -1.99. The van der Waals surface area contributed by atoms with Gasteiger partial charge in [-0.15, -0.1) is 17.5 Å². The molecule has 0 bridgehead atoms. The van der Waals surface area contributed by atoms with Crippen molar-refractivity contribution in [3.8, 4) is 5.69 Å². The Morgan fingerprint density at radius 3 is 3.09 bits per heavy atom. The van der Waals surface area contributed by atoms with E-state index in [0.717, 1.165) is 25.2 Å². The summed E-state index contributed by atoms with van der Waals surface area (Å²) in [7, 11) is 0. The first-order valence-electron chi connectivity index (χ1n) is 7.15. The maximum atomic E-state index is 12.2. The number of hydrogen-bond acceptors (Lipinski definition) is 5. The van der Waals surface area contributed by atoms with E-state index in [0.29, 0.717) is 18.0 Å². The average Bonchev–Trinajstić information content (AvgIpc) is 3.08. The van der Waals surface area contributed by atoms with Crippen molar-refractivity contribution < 1.29 is 4.79 Å². The molecule has 2 aromatic rings. The van der Waals surface area contributed by atoms with Crippen LogP contribution in [-0.4, -0.2) is 45.7 Å². The van der Waals surface area contributed by atoms with Gasteiger partial charge in [0.2, 0.25) is 0 Å². The summed E-state index contributed by atoms with van der Waals surface area (Å²) >= 11 is 0. The summed E-state index contributed by atoms with van der Waals surface area (Å²) in [6.45, 7) is 2.77. The summed E-state index contributed by atoms with van der Waals surface area (Å²) in [4.78, 5) is 12.2. The highest BCUT2D eigenvalue weighted by atomic mass is 35.5. The third-order valence-corrected chi connectivity index (χ3v) is 3.67. The van der Waals surface area contributed by atoms with E-state index in [2.05, 4.69) is 26.2 Å². The number of benzene rings is 1. The van der Waals surface area contributed by atoms with Crippen LogP contribution in [0.15, 0.2) is 30.6 Å². The van der Waals surface area contributed by atoms with Crippen LogP contribution in [0.3, 0.4) is 0 Å². The lowest BCUT2D eigenvalue weighted by Crippen LogP contribution is -2.38. The Balaban J connectivity index is 0.00000176. The van der Waals surface area contributed by atoms with Gasteiger partial charge in [0.25, 0.3) is 5.91 Å². The normalized spacial score (nSPS) is 17.5. The highest BCUT2D eigenvalue weighted by Crippen LogP contribution is 2.11. The Kier molecular flexibility index (Phi) is 5.85. The van der Waals surface area contributed by atoms with Gasteiger partial charge in [-0.25, -0.2) is 4.68 Å². The molecule has 1 fully saturated rings. The smallest absolute Gasteiger partial charge is 0.251 e. The first-order valence-corrected chi connectivity index (χ1v) is 7.15. The van der Waals surface area contributed by atoms with E-state index >= 15 is 0 Å². The van der Waals surface area contributed by atoms with Crippen LogP contribution in [0.1, 0.15) is 23.2 Å². The van der Waals surface area contributed by atoms with Gasteiger partial charge in [-0.2, -0.15) is 0 Å². The standard InChI is InChI=1S/C14H18N6O.ClH/c21-14(16-9-11-3-2-6-15-8-11)12-4-1-5-13(7-12)20-10-17-18-19-20;/h1,4-5,7,10-11,15H,2-3,6,8-9H2,(H,16,21);1H. The number of nitrogens with zero attached hydrogens (tertiary/aromatic N) is 4. The molecular weight excluding hydrogens is 304 g/mol. The Labute approximate surface area is 134 Å². The van der Waals surface area contributed by atoms with Crippen molar-refractivity contribution in [1.29, 1.82) is 0 Å². The predicted octanol–water partition coefficient (Wildman–Crippen LogP) is 0.813. The second-order valence-electron chi connectivity index (χ2n) is 5.23. The SMILES string of the molecule is Cl.O=C(NCC1CCCNC1)c1cccc(-n2cnnn2)c1. The van der Waals surface area contributed by atoms with Crippen molar-refractivity contribution in [3.63, 3.8) is 0 Å². The molecule has 1 amide bonds. The minimum atomic E-state index is -0.0597. The van der Waals surface area contributed by atoms with Crippen molar-refractivity contribution in [2.75, 3.05) is 19.6 Å². The number of halogens is 1. The maximum Gasteiger partial charge on any atom is 0.251 e. The van der Waals surface area contributed by atoms with Crippen molar-refractivity contribution >= 4 is 18.3 Å². The van der Waals surface area contributed by atoms with Gasteiger partial charge in [0, 0.05) is 12.1 Å². The number of piperidine rings is 1. The summed E-state index contributed by atoms with van der Waals surface area (Å²) < 4.78 is 1.53. The molecule has 0 spiro atoms. The number of nitrogens with one attached hydrogen (secondary N) is 2. The fourth-order valence-corrected chi connectivity index (χ4v) is 2.51. The zero-order chi connectivity index (χ0) is 14.5. The third-order valence-electron chi connectivity index (χ3n) is 3.67. The molecule has 1 aliphatic rings.